The van der Waals surface area contributed by atoms with Crippen LogP contribution in [0.1, 0.15) is 33.6 Å². The Morgan fingerprint density at radius 2 is 2.14 bits per heavy atom. The number of nitrogens with zero attached hydrogens (tertiary/aromatic N) is 1. The number of allylic oxidation sites excluding steroid dienone is 1. The molecule has 0 radical (unpaired) electrons. The van der Waals surface area contributed by atoms with Crippen LogP contribution >= 0.6 is 0 Å². The SMILES string of the molecule is C=C(C)NC1CN(C(C)C)CC12CC2. The summed E-state index contributed by atoms with van der Waals surface area (Å²) in [5.74, 6) is 0. The zero-order valence-corrected chi connectivity index (χ0v) is 9.64. The van der Waals surface area contributed by atoms with E-state index in [2.05, 4.69) is 37.6 Å². The summed E-state index contributed by atoms with van der Waals surface area (Å²) < 4.78 is 0. The van der Waals surface area contributed by atoms with Crippen molar-refractivity contribution in [3.63, 3.8) is 0 Å². The second-order valence-electron chi connectivity index (χ2n) is 5.36. The van der Waals surface area contributed by atoms with Crippen molar-refractivity contribution in [3.05, 3.63) is 12.3 Å². The molecule has 1 N–H and O–H groups in total. The van der Waals surface area contributed by atoms with Crippen LogP contribution in [0.4, 0.5) is 0 Å². The largest absolute Gasteiger partial charge is 0.384 e. The van der Waals surface area contributed by atoms with Crippen LogP contribution in [0.2, 0.25) is 0 Å². The molecule has 1 unspecified atom stereocenters. The van der Waals surface area contributed by atoms with Crippen molar-refractivity contribution in [2.45, 2.75) is 45.7 Å². The van der Waals surface area contributed by atoms with E-state index in [1.54, 1.807) is 0 Å². The van der Waals surface area contributed by atoms with E-state index in [4.69, 9.17) is 0 Å². The van der Waals surface area contributed by atoms with Gasteiger partial charge in [0.25, 0.3) is 0 Å². The minimum atomic E-state index is 0.600. The van der Waals surface area contributed by atoms with Crippen LogP contribution in [-0.4, -0.2) is 30.1 Å². The average Bonchev–Trinajstić information content (AvgIpc) is 2.72. The first-order chi connectivity index (χ1) is 6.53. The molecular weight excluding hydrogens is 172 g/mol. The van der Waals surface area contributed by atoms with Gasteiger partial charge in [-0.1, -0.05) is 6.58 Å². The highest BCUT2D eigenvalue weighted by atomic mass is 15.2. The van der Waals surface area contributed by atoms with Gasteiger partial charge in [0.15, 0.2) is 0 Å². The summed E-state index contributed by atoms with van der Waals surface area (Å²) in [7, 11) is 0. The molecule has 80 valence electrons. The summed E-state index contributed by atoms with van der Waals surface area (Å²) in [4.78, 5) is 2.59. The molecule has 2 nitrogen and oxygen atoms in total. The Morgan fingerprint density at radius 1 is 1.50 bits per heavy atom. The second kappa shape index (κ2) is 3.27. The molecule has 1 aliphatic heterocycles. The smallest absolute Gasteiger partial charge is 0.0453 e. The third-order valence-corrected chi connectivity index (χ3v) is 3.72. The maximum Gasteiger partial charge on any atom is 0.0453 e. The van der Waals surface area contributed by atoms with Gasteiger partial charge in [0.2, 0.25) is 0 Å². The topological polar surface area (TPSA) is 15.3 Å². The second-order valence-corrected chi connectivity index (χ2v) is 5.36. The third-order valence-electron chi connectivity index (χ3n) is 3.72. The molecule has 0 aromatic rings. The lowest BCUT2D eigenvalue weighted by molar-refractivity contribution is 0.261. The molecule has 0 amide bonds. The van der Waals surface area contributed by atoms with E-state index in [1.165, 1.54) is 25.9 Å². The fraction of sp³-hybridized carbons (Fsp3) is 0.833. The Labute approximate surface area is 87.4 Å². The summed E-state index contributed by atoms with van der Waals surface area (Å²) in [6.07, 6.45) is 2.81. The standard InChI is InChI=1S/C12H22N2/c1-9(2)13-11-7-14(10(3)4)8-12(11)5-6-12/h10-11,13H,1,5-8H2,2-4H3. The molecule has 1 atom stereocenters. The van der Waals surface area contributed by atoms with Crippen molar-refractivity contribution in [2.75, 3.05) is 13.1 Å². The van der Waals surface area contributed by atoms with Crippen LogP contribution in [0.3, 0.4) is 0 Å². The van der Waals surface area contributed by atoms with E-state index in [0.717, 1.165) is 5.70 Å². The molecule has 1 heterocycles. The van der Waals surface area contributed by atoms with Crippen molar-refractivity contribution in [2.24, 2.45) is 5.41 Å². The Bertz CT molecular complexity index is 241. The lowest BCUT2D eigenvalue weighted by Crippen LogP contribution is -2.36. The quantitative estimate of drug-likeness (QED) is 0.739. The van der Waals surface area contributed by atoms with E-state index in [9.17, 15) is 0 Å². The Morgan fingerprint density at radius 3 is 2.57 bits per heavy atom. The van der Waals surface area contributed by atoms with Gasteiger partial charge in [-0.05, 0) is 33.6 Å². The molecule has 0 bridgehead atoms. The van der Waals surface area contributed by atoms with Crippen molar-refractivity contribution in [1.29, 1.82) is 0 Å². The van der Waals surface area contributed by atoms with Crippen LogP contribution in [-0.2, 0) is 0 Å². The van der Waals surface area contributed by atoms with E-state index in [0.29, 0.717) is 17.5 Å². The van der Waals surface area contributed by atoms with Crippen LogP contribution in [0, 0.1) is 5.41 Å². The summed E-state index contributed by atoms with van der Waals surface area (Å²) in [6.45, 7) is 13.1. The monoisotopic (exact) mass is 194 g/mol. The first-order valence-electron chi connectivity index (χ1n) is 5.70. The maximum atomic E-state index is 3.95. The number of likely N-dealkylation sites (tertiary alicyclic amines) is 1. The van der Waals surface area contributed by atoms with Gasteiger partial charge >= 0.3 is 0 Å². The van der Waals surface area contributed by atoms with Gasteiger partial charge in [-0.2, -0.15) is 0 Å². The van der Waals surface area contributed by atoms with Gasteiger partial charge in [-0.3, -0.25) is 4.90 Å². The Hall–Kier alpha value is -0.500. The molecule has 0 aromatic carbocycles. The van der Waals surface area contributed by atoms with Gasteiger partial charge in [-0.15, -0.1) is 0 Å². The molecule has 2 heteroatoms. The highest BCUT2D eigenvalue weighted by molar-refractivity contribution is 5.12. The highest BCUT2D eigenvalue weighted by Gasteiger charge is 2.55. The number of hydrogen-bond acceptors (Lipinski definition) is 2. The van der Waals surface area contributed by atoms with E-state index < -0.39 is 0 Å². The first kappa shape index (κ1) is 10.0. The third kappa shape index (κ3) is 1.68. The zero-order valence-electron chi connectivity index (χ0n) is 9.64. The molecule has 1 saturated heterocycles. The Kier molecular flexibility index (Phi) is 2.34. The fourth-order valence-electron chi connectivity index (χ4n) is 2.56. The first-order valence-corrected chi connectivity index (χ1v) is 5.70. The Balaban J connectivity index is 2.00. The van der Waals surface area contributed by atoms with Gasteiger partial charge in [0, 0.05) is 36.3 Å². The summed E-state index contributed by atoms with van der Waals surface area (Å²) in [5.41, 5.74) is 1.72. The molecular formula is C12H22N2. The molecule has 2 aliphatic rings. The molecule has 14 heavy (non-hydrogen) atoms. The van der Waals surface area contributed by atoms with Crippen molar-refractivity contribution >= 4 is 0 Å². The van der Waals surface area contributed by atoms with Gasteiger partial charge in [0.1, 0.15) is 0 Å². The minimum Gasteiger partial charge on any atom is -0.384 e. The fourth-order valence-corrected chi connectivity index (χ4v) is 2.56. The highest BCUT2D eigenvalue weighted by Crippen LogP contribution is 2.53. The van der Waals surface area contributed by atoms with Gasteiger partial charge in [0.05, 0.1) is 0 Å². The number of nitrogens with one attached hydrogen (secondary N) is 1. The average molecular weight is 194 g/mol. The summed E-state index contributed by atoms with van der Waals surface area (Å²) in [5, 5.41) is 3.54. The van der Waals surface area contributed by atoms with Crippen molar-refractivity contribution in [3.8, 4) is 0 Å². The molecule has 2 rings (SSSR count). The molecule has 0 aromatic heterocycles. The van der Waals surface area contributed by atoms with Gasteiger partial charge in [-0.25, -0.2) is 0 Å². The molecule has 1 aliphatic carbocycles. The summed E-state index contributed by atoms with van der Waals surface area (Å²) in [6, 6.07) is 1.34. The number of rotatable bonds is 3. The lowest BCUT2D eigenvalue weighted by atomic mass is 10.0. The van der Waals surface area contributed by atoms with Crippen LogP contribution < -0.4 is 5.32 Å². The van der Waals surface area contributed by atoms with E-state index in [-0.39, 0.29) is 0 Å². The normalized spacial score (nSPS) is 29.9. The molecule has 1 saturated carbocycles. The predicted molar refractivity (Wildman–Crippen MR) is 60.1 cm³/mol. The summed E-state index contributed by atoms with van der Waals surface area (Å²) >= 11 is 0. The van der Waals surface area contributed by atoms with Gasteiger partial charge < -0.3 is 5.32 Å². The van der Waals surface area contributed by atoms with Crippen LogP contribution in [0.15, 0.2) is 12.3 Å². The lowest BCUT2D eigenvalue weighted by Gasteiger charge is -2.20. The maximum absolute atomic E-state index is 3.95. The number of hydrogen-bond donors (Lipinski definition) is 1. The van der Waals surface area contributed by atoms with Crippen LogP contribution in [0.5, 0.6) is 0 Å². The minimum absolute atomic E-state index is 0.600. The van der Waals surface area contributed by atoms with Crippen LogP contribution in [0.25, 0.3) is 0 Å². The molecule has 2 fully saturated rings. The van der Waals surface area contributed by atoms with E-state index >= 15 is 0 Å². The van der Waals surface area contributed by atoms with Crippen molar-refractivity contribution in [1.82, 2.24) is 10.2 Å². The predicted octanol–water partition coefficient (Wildman–Crippen LogP) is 1.98. The zero-order chi connectivity index (χ0) is 10.3. The van der Waals surface area contributed by atoms with Crippen molar-refractivity contribution < 1.29 is 0 Å². The van der Waals surface area contributed by atoms with E-state index in [1.807, 2.05) is 0 Å². The molecule has 1 spiro atoms.